The highest BCUT2D eigenvalue weighted by Crippen LogP contribution is 2.27. The van der Waals surface area contributed by atoms with Gasteiger partial charge in [-0.25, -0.2) is 0 Å². The number of aryl methyl sites for hydroxylation is 1. The molecule has 0 radical (unpaired) electrons. The van der Waals surface area contributed by atoms with E-state index in [1.54, 1.807) is 14.2 Å². The van der Waals surface area contributed by atoms with Crippen LogP contribution in [0.4, 0.5) is 0 Å². The van der Waals surface area contributed by atoms with Crippen LogP contribution >= 0.6 is 0 Å². The van der Waals surface area contributed by atoms with E-state index < -0.39 is 0 Å². The lowest BCUT2D eigenvalue weighted by atomic mass is 10.1. The van der Waals surface area contributed by atoms with Crippen molar-refractivity contribution in [1.29, 1.82) is 0 Å². The molecule has 0 amide bonds. The normalized spacial score (nSPS) is 12.0. The first-order chi connectivity index (χ1) is 10.6. The molecule has 3 heteroatoms. The van der Waals surface area contributed by atoms with Gasteiger partial charge in [0, 0.05) is 6.04 Å². The van der Waals surface area contributed by atoms with E-state index in [1.807, 2.05) is 12.1 Å². The molecule has 3 nitrogen and oxygen atoms in total. The van der Waals surface area contributed by atoms with Gasteiger partial charge in [0.1, 0.15) is 0 Å². The lowest BCUT2D eigenvalue weighted by molar-refractivity contribution is 0.354. The zero-order chi connectivity index (χ0) is 15.9. The summed E-state index contributed by atoms with van der Waals surface area (Å²) in [4.78, 5) is 0. The van der Waals surface area contributed by atoms with E-state index in [2.05, 4.69) is 49.5 Å². The molecule has 2 rings (SSSR count). The Morgan fingerprint density at radius 1 is 1.00 bits per heavy atom. The summed E-state index contributed by atoms with van der Waals surface area (Å²) in [5, 5.41) is 3.57. The van der Waals surface area contributed by atoms with Crippen molar-refractivity contribution in [3.05, 3.63) is 59.2 Å². The molecule has 1 N–H and O–H groups in total. The summed E-state index contributed by atoms with van der Waals surface area (Å²) in [6.45, 7) is 5.24. The van der Waals surface area contributed by atoms with Crippen molar-refractivity contribution in [3.63, 3.8) is 0 Å². The minimum Gasteiger partial charge on any atom is -0.493 e. The number of nitrogens with one attached hydrogen (secondary N) is 1. The van der Waals surface area contributed by atoms with Crippen LogP contribution in [-0.4, -0.2) is 20.8 Å². The van der Waals surface area contributed by atoms with Crippen LogP contribution in [0, 0.1) is 6.92 Å². The van der Waals surface area contributed by atoms with Crippen LogP contribution in [0.3, 0.4) is 0 Å². The SMILES string of the molecule is COc1ccc(CCNC(C)c2cccc(C)c2)cc1OC. The fourth-order valence-corrected chi connectivity index (χ4v) is 2.53. The van der Waals surface area contributed by atoms with Gasteiger partial charge in [0.05, 0.1) is 14.2 Å². The Morgan fingerprint density at radius 3 is 2.45 bits per heavy atom. The molecule has 2 aromatic rings. The Kier molecular flexibility index (Phi) is 5.84. The van der Waals surface area contributed by atoms with Gasteiger partial charge in [-0.3, -0.25) is 0 Å². The van der Waals surface area contributed by atoms with Crippen molar-refractivity contribution >= 4 is 0 Å². The summed E-state index contributed by atoms with van der Waals surface area (Å²) in [6.07, 6.45) is 0.955. The first-order valence-electron chi connectivity index (χ1n) is 7.65. The van der Waals surface area contributed by atoms with Crippen LogP contribution in [0.1, 0.15) is 29.7 Å². The molecule has 2 aromatic carbocycles. The minimum absolute atomic E-state index is 0.347. The van der Waals surface area contributed by atoms with Crippen LogP contribution in [0.5, 0.6) is 11.5 Å². The van der Waals surface area contributed by atoms with Gasteiger partial charge in [0.15, 0.2) is 11.5 Å². The molecule has 0 saturated heterocycles. The Balaban J connectivity index is 1.91. The van der Waals surface area contributed by atoms with Crippen molar-refractivity contribution in [2.75, 3.05) is 20.8 Å². The fraction of sp³-hybridized carbons (Fsp3) is 0.368. The van der Waals surface area contributed by atoms with E-state index in [4.69, 9.17) is 9.47 Å². The molecule has 0 aromatic heterocycles. The summed E-state index contributed by atoms with van der Waals surface area (Å²) in [7, 11) is 3.32. The van der Waals surface area contributed by atoms with Crippen molar-refractivity contribution < 1.29 is 9.47 Å². The molecule has 0 bridgehead atoms. The topological polar surface area (TPSA) is 30.5 Å². The summed E-state index contributed by atoms with van der Waals surface area (Å²) in [5.41, 5.74) is 3.86. The standard InChI is InChI=1S/C19H25NO2/c1-14-6-5-7-17(12-14)15(2)20-11-10-16-8-9-18(21-3)19(13-16)22-4/h5-9,12-13,15,20H,10-11H2,1-4H3. The Morgan fingerprint density at radius 2 is 1.77 bits per heavy atom. The van der Waals surface area contributed by atoms with Gasteiger partial charge < -0.3 is 14.8 Å². The molecule has 1 atom stereocenters. The van der Waals surface area contributed by atoms with Gasteiger partial charge in [-0.1, -0.05) is 35.9 Å². The van der Waals surface area contributed by atoms with E-state index in [0.717, 1.165) is 24.5 Å². The maximum Gasteiger partial charge on any atom is 0.160 e. The molecule has 22 heavy (non-hydrogen) atoms. The molecule has 0 aliphatic carbocycles. The van der Waals surface area contributed by atoms with E-state index in [1.165, 1.54) is 16.7 Å². The number of rotatable bonds is 7. The lowest BCUT2D eigenvalue weighted by Gasteiger charge is -2.15. The van der Waals surface area contributed by atoms with Gasteiger partial charge >= 0.3 is 0 Å². The maximum absolute atomic E-state index is 5.34. The van der Waals surface area contributed by atoms with Gasteiger partial charge in [-0.2, -0.15) is 0 Å². The predicted molar refractivity (Wildman–Crippen MR) is 90.8 cm³/mol. The molecule has 118 valence electrons. The third kappa shape index (κ3) is 4.25. The second kappa shape index (κ2) is 7.85. The molecule has 0 heterocycles. The van der Waals surface area contributed by atoms with E-state index >= 15 is 0 Å². The number of hydrogen-bond donors (Lipinski definition) is 1. The number of methoxy groups -OCH3 is 2. The third-order valence-corrected chi connectivity index (χ3v) is 3.85. The summed E-state index contributed by atoms with van der Waals surface area (Å²) < 4.78 is 10.6. The predicted octanol–water partition coefficient (Wildman–Crippen LogP) is 3.91. The van der Waals surface area contributed by atoms with Crippen molar-refractivity contribution in [1.82, 2.24) is 5.32 Å². The lowest BCUT2D eigenvalue weighted by Crippen LogP contribution is -2.21. The minimum atomic E-state index is 0.347. The van der Waals surface area contributed by atoms with Crippen molar-refractivity contribution in [3.8, 4) is 11.5 Å². The molecule has 0 saturated carbocycles. The molecule has 0 spiro atoms. The van der Waals surface area contributed by atoms with Crippen LogP contribution in [-0.2, 0) is 6.42 Å². The maximum atomic E-state index is 5.34. The first-order valence-corrected chi connectivity index (χ1v) is 7.65. The molecular formula is C19H25NO2. The largest absolute Gasteiger partial charge is 0.493 e. The third-order valence-electron chi connectivity index (χ3n) is 3.85. The fourth-order valence-electron chi connectivity index (χ4n) is 2.53. The number of hydrogen-bond acceptors (Lipinski definition) is 3. The summed E-state index contributed by atoms with van der Waals surface area (Å²) in [6, 6.07) is 15.1. The van der Waals surface area contributed by atoms with Gasteiger partial charge in [-0.05, 0) is 50.1 Å². The molecule has 1 unspecified atom stereocenters. The first kappa shape index (κ1) is 16.4. The van der Waals surface area contributed by atoms with E-state index in [9.17, 15) is 0 Å². The van der Waals surface area contributed by atoms with E-state index in [-0.39, 0.29) is 0 Å². The molecule has 0 fully saturated rings. The van der Waals surface area contributed by atoms with E-state index in [0.29, 0.717) is 6.04 Å². The molecule has 0 aliphatic heterocycles. The number of benzene rings is 2. The van der Waals surface area contributed by atoms with Crippen molar-refractivity contribution in [2.24, 2.45) is 0 Å². The van der Waals surface area contributed by atoms with Gasteiger partial charge in [0.25, 0.3) is 0 Å². The van der Waals surface area contributed by atoms with Crippen LogP contribution in [0.25, 0.3) is 0 Å². The molecule has 0 aliphatic rings. The monoisotopic (exact) mass is 299 g/mol. The van der Waals surface area contributed by atoms with Crippen LogP contribution < -0.4 is 14.8 Å². The highest BCUT2D eigenvalue weighted by atomic mass is 16.5. The Labute approximate surface area is 133 Å². The Hall–Kier alpha value is -2.00. The second-order valence-electron chi connectivity index (χ2n) is 5.53. The average Bonchev–Trinajstić information content (AvgIpc) is 2.54. The summed E-state index contributed by atoms with van der Waals surface area (Å²) in [5.74, 6) is 1.55. The smallest absolute Gasteiger partial charge is 0.160 e. The second-order valence-corrected chi connectivity index (χ2v) is 5.53. The summed E-state index contributed by atoms with van der Waals surface area (Å²) >= 11 is 0. The zero-order valence-electron chi connectivity index (χ0n) is 13.8. The Bertz CT molecular complexity index is 610. The van der Waals surface area contributed by atoms with Crippen LogP contribution in [0.2, 0.25) is 0 Å². The highest BCUT2D eigenvalue weighted by molar-refractivity contribution is 5.43. The average molecular weight is 299 g/mol. The molecular weight excluding hydrogens is 274 g/mol. The zero-order valence-corrected chi connectivity index (χ0v) is 13.8. The van der Waals surface area contributed by atoms with Crippen molar-refractivity contribution in [2.45, 2.75) is 26.3 Å². The van der Waals surface area contributed by atoms with Crippen LogP contribution in [0.15, 0.2) is 42.5 Å². The van der Waals surface area contributed by atoms with Gasteiger partial charge in [0.2, 0.25) is 0 Å². The van der Waals surface area contributed by atoms with Gasteiger partial charge in [-0.15, -0.1) is 0 Å². The highest BCUT2D eigenvalue weighted by Gasteiger charge is 2.07. The number of ether oxygens (including phenoxy) is 2. The quantitative estimate of drug-likeness (QED) is 0.841.